The van der Waals surface area contributed by atoms with E-state index in [-0.39, 0.29) is 11.5 Å². The van der Waals surface area contributed by atoms with Gasteiger partial charge in [0.1, 0.15) is 11.9 Å². The zero-order valence-electron chi connectivity index (χ0n) is 13.0. The summed E-state index contributed by atoms with van der Waals surface area (Å²) in [6, 6.07) is 6.47. The molecule has 0 fully saturated rings. The quantitative estimate of drug-likeness (QED) is 0.601. The number of benzene rings is 1. The lowest BCUT2D eigenvalue weighted by molar-refractivity contribution is 0.170. The van der Waals surface area contributed by atoms with E-state index in [0.717, 1.165) is 38.1 Å². The van der Waals surface area contributed by atoms with Gasteiger partial charge in [0.05, 0.1) is 0 Å². The molecule has 0 amide bonds. The fraction of sp³-hybridized carbons (Fsp3) is 0.556. The van der Waals surface area contributed by atoms with Crippen LogP contribution in [-0.2, 0) is 6.42 Å². The number of nitrogens with one attached hydrogen (secondary N) is 1. The lowest BCUT2D eigenvalue weighted by Crippen LogP contribution is -2.35. The van der Waals surface area contributed by atoms with E-state index in [1.807, 2.05) is 0 Å². The summed E-state index contributed by atoms with van der Waals surface area (Å²) in [5.41, 5.74) is 2.75. The Bertz CT molecular complexity index is 468. The zero-order chi connectivity index (χ0) is 14.6. The van der Waals surface area contributed by atoms with Crippen LogP contribution in [0.5, 0.6) is 5.75 Å². The Morgan fingerprint density at radius 1 is 1.50 bits per heavy atom. The van der Waals surface area contributed by atoms with Crippen LogP contribution in [0.2, 0.25) is 0 Å². The first-order chi connectivity index (χ1) is 9.56. The molecule has 0 aromatic heterocycles. The molecule has 0 spiro atoms. The molecule has 2 heteroatoms. The SMILES string of the molecule is C=CC(C)(CNCCC)CC1Cc2cc(C)ccc2O1. The molecule has 0 radical (unpaired) electrons. The first-order valence-electron chi connectivity index (χ1n) is 7.67. The van der Waals surface area contributed by atoms with E-state index in [2.05, 4.69) is 56.9 Å². The second-order valence-corrected chi connectivity index (χ2v) is 6.29. The van der Waals surface area contributed by atoms with Gasteiger partial charge >= 0.3 is 0 Å². The summed E-state index contributed by atoms with van der Waals surface area (Å²) in [6.45, 7) is 12.6. The topological polar surface area (TPSA) is 21.3 Å². The second-order valence-electron chi connectivity index (χ2n) is 6.29. The van der Waals surface area contributed by atoms with E-state index < -0.39 is 0 Å². The van der Waals surface area contributed by atoms with Crippen LogP contribution in [-0.4, -0.2) is 19.2 Å². The average molecular weight is 273 g/mol. The zero-order valence-corrected chi connectivity index (χ0v) is 13.0. The Kier molecular flexibility index (Phi) is 4.87. The standard InChI is InChI=1S/C18H27NO/c1-5-9-19-13-18(4,6-2)12-16-11-15-10-14(3)7-8-17(15)20-16/h6-8,10,16,19H,2,5,9,11-13H2,1,3-4H3. The summed E-state index contributed by atoms with van der Waals surface area (Å²) in [4.78, 5) is 0. The van der Waals surface area contributed by atoms with Crippen molar-refractivity contribution in [2.75, 3.05) is 13.1 Å². The minimum atomic E-state index is 0.0942. The molecule has 1 aromatic rings. The molecule has 2 unspecified atom stereocenters. The summed E-state index contributed by atoms with van der Waals surface area (Å²) < 4.78 is 6.09. The van der Waals surface area contributed by atoms with Crippen LogP contribution in [0, 0.1) is 12.3 Å². The second kappa shape index (κ2) is 6.45. The van der Waals surface area contributed by atoms with Gasteiger partial charge in [-0.3, -0.25) is 0 Å². The highest BCUT2D eigenvalue weighted by atomic mass is 16.5. The van der Waals surface area contributed by atoms with Crippen molar-refractivity contribution < 1.29 is 4.74 Å². The van der Waals surface area contributed by atoms with Crippen LogP contribution in [0.3, 0.4) is 0 Å². The van der Waals surface area contributed by atoms with Crippen LogP contribution < -0.4 is 10.1 Å². The van der Waals surface area contributed by atoms with Crippen molar-refractivity contribution in [2.45, 2.75) is 46.1 Å². The maximum absolute atomic E-state index is 6.09. The van der Waals surface area contributed by atoms with Crippen LogP contribution in [0.4, 0.5) is 0 Å². The summed E-state index contributed by atoms with van der Waals surface area (Å²) in [5.74, 6) is 1.06. The molecule has 110 valence electrons. The minimum Gasteiger partial charge on any atom is -0.490 e. The van der Waals surface area contributed by atoms with Gasteiger partial charge in [0.25, 0.3) is 0 Å². The largest absolute Gasteiger partial charge is 0.490 e. The van der Waals surface area contributed by atoms with Crippen molar-refractivity contribution in [1.29, 1.82) is 0 Å². The monoisotopic (exact) mass is 273 g/mol. The lowest BCUT2D eigenvalue weighted by atomic mass is 9.83. The molecule has 20 heavy (non-hydrogen) atoms. The van der Waals surface area contributed by atoms with E-state index in [1.54, 1.807) is 0 Å². The maximum Gasteiger partial charge on any atom is 0.123 e. The Hall–Kier alpha value is -1.28. The lowest BCUT2D eigenvalue weighted by Gasteiger charge is -2.29. The highest BCUT2D eigenvalue weighted by Crippen LogP contribution is 2.35. The first kappa shape index (κ1) is 15.1. The van der Waals surface area contributed by atoms with Gasteiger partial charge in [-0.15, -0.1) is 6.58 Å². The number of aryl methyl sites for hydroxylation is 1. The molecule has 0 saturated heterocycles. The summed E-state index contributed by atoms with van der Waals surface area (Å²) in [7, 11) is 0. The van der Waals surface area contributed by atoms with Crippen LogP contribution in [0.15, 0.2) is 30.9 Å². The summed E-state index contributed by atoms with van der Waals surface area (Å²) >= 11 is 0. The van der Waals surface area contributed by atoms with Crippen molar-refractivity contribution in [3.8, 4) is 5.75 Å². The Morgan fingerprint density at radius 3 is 3.00 bits per heavy atom. The van der Waals surface area contributed by atoms with Crippen LogP contribution >= 0.6 is 0 Å². The molecule has 0 saturated carbocycles. The molecule has 2 rings (SSSR count). The van der Waals surface area contributed by atoms with Gasteiger partial charge < -0.3 is 10.1 Å². The van der Waals surface area contributed by atoms with Crippen molar-refractivity contribution in [3.63, 3.8) is 0 Å². The average Bonchev–Trinajstić information content (AvgIpc) is 2.80. The molecule has 0 bridgehead atoms. The van der Waals surface area contributed by atoms with Gasteiger partial charge in [-0.05, 0) is 37.9 Å². The molecule has 1 aliphatic rings. The maximum atomic E-state index is 6.09. The summed E-state index contributed by atoms with van der Waals surface area (Å²) in [6.07, 6.45) is 5.55. The third kappa shape index (κ3) is 3.63. The predicted molar refractivity (Wildman–Crippen MR) is 85.4 cm³/mol. The van der Waals surface area contributed by atoms with Gasteiger partial charge in [0, 0.05) is 18.4 Å². The van der Waals surface area contributed by atoms with Gasteiger partial charge in [-0.25, -0.2) is 0 Å². The predicted octanol–water partition coefficient (Wildman–Crippen LogP) is 3.88. The van der Waals surface area contributed by atoms with E-state index in [0.29, 0.717) is 0 Å². The van der Waals surface area contributed by atoms with Crippen LogP contribution in [0.1, 0.15) is 37.8 Å². The number of ether oxygens (including phenoxy) is 1. The molecule has 0 aliphatic carbocycles. The van der Waals surface area contributed by atoms with Gasteiger partial charge in [0.2, 0.25) is 0 Å². The highest BCUT2D eigenvalue weighted by molar-refractivity contribution is 5.40. The fourth-order valence-corrected chi connectivity index (χ4v) is 2.86. The smallest absolute Gasteiger partial charge is 0.123 e. The first-order valence-corrected chi connectivity index (χ1v) is 7.67. The fourth-order valence-electron chi connectivity index (χ4n) is 2.86. The number of rotatable bonds is 7. The van der Waals surface area contributed by atoms with E-state index in [4.69, 9.17) is 4.74 Å². The van der Waals surface area contributed by atoms with Crippen molar-refractivity contribution in [3.05, 3.63) is 42.0 Å². The summed E-state index contributed by atoms with van der Waals surface area (Å²) in [5, 5.41) is 3.50. The minimum absolute atomic E-state index is 0.0942. The normalized spacial score (nSPS) is 20.1. The van der Waals surface area contributed by atoms with E-state index in [9.17, 15) is 0 Å². The number of fused-ring (bicyclic) bond motifs is 1. The molecule has 1 N–H and O–H groups in total. The molecule has 2 atom stereocenters. The number of hydrogen-bond acceptors (Lipinski definition) is 2. The molecular formula is C18H27NO. The highest BCUT2D eigenvalue weighted by Gasteiger charge is 2.30. The van der Waals surface area contributed by atoms with Crippen LogP contribution in [0.25, 0.3) is 0 Å². The van der Waals surface area contributed by atoms with E-state index in [1.165, 1.54) is 11.1 Å². The molecule has 1 aromatic carbocycles. The molecule has 2 nitrogen and oxygen atoms in total. The van der Waals surface area contributed by atoms with Gasteiger partial charge in [-0.1, -0.05) is 37.6 Å². The van der Waals surface area contributed by atoms with Gasteiger partial charge in [-0.2, -0.15) is 0 Å². The third-order valence-corrected chi connectivity index (χ3v) is 4.10. The Labute approximate surface area is 123 Å². The third-order valence-electron chi connectivity index (χ3n) is 4.10. The Morgan fingerprint density at radius 2 is 2.30 bits per heavy atom. The number of hydrogen-bond donors (Lipinski definition) is 1. The van der Waals surface area contributed by atoms with Crippen molar-refractivity contribution in [2.24, 2.45) is 5.41 Å². The Balaban J connectivity index is 1.95. The van der Waals surface area contributed by atoms with Crippen molar-refractivity contribution >= 4 is 0 Å². The van der Waals surface area contributed by atoms with Gasteiger partial charge in [0.15, 0.2) is 0 Å². The molecule has 1 aliphatic heterocycles. The molecular weight excluding hydrogens is 246 g/mol. The van der Waals surface area contributed by atoms with Crippen molar-refractivity contribution in [1.82, 2.24) is 5.32 Å². The van der Waals surface area contributed by atoms with E-state index >= 15 is 0 Å². The molecule has 1 heterocycles.